The van der Waals surface area contributed by atoms with Crippen LogP contribution in [0, 0.1) is 0 Å². The molecule has 1 atom stereocenters. The van der Waals surface area contributed by atoms with E-state index in [-0.39, 0.29) is 25.5 Å². The number of carboxylic acids is 1. The van der Waals surface area contributed by atoms with E-state index < -0.39 is 11.6 Å². The van der Waals surface area contributed by atoms with E-state index in [0.29, 0.717) is 13.0 Å². The molecule has 0 saturated carbocycles. The van der Waals surface area contributed by atoms with Crippen molar-refractivity contribution in [1.29, 1.82) is 0 Å². The largest absolute Gasteiger partial charge is 0.479 e. The maximum atomic E-state index is 11.4. The summed E-state index contributed by atoms with van der Waals surface area (Å²) in [6.07, 6.45) is 0.664. The molecular weight excluding hydrogens is 202 g/mol. The molecule has 1 amide bonds. The third-order valence-corrected chi connectivity index (χ3v) is 2.49. The predicted octanol–water partition coefficient (Wildman–Crippen LogP) is -0.929. The second-order valence-corrected chi connectivity index (χ2v) is 3.69. The van der Waals surface area contributed by atoms with Crippen LogP contribution >= 0.6 is 0 Å². The Bertz CT molecular complexity index is 267. The Kier molecular flexibility index (Phi) is 3.65. The minimum atomic E-state index is -1.80. The zero-order chi connectivity index (χ0) is 11.5. The van der Waals surface area contributed by atoms with E-state index in [1.807, 2.05) is 0 Å². The first-order chi connectivity index (χ1) is 6.99. The molecule has 1 fully saturated rings. The Balaban J connectivity index is 2.63. The van der Waals surface area contributed by atoms with Gasteiger partial charge in [0, 0.05) is 13.7 Å². The summed E-state index contributed by atoms with van der Waals surface area (Å²) in [5.74, 6) is -1.57. The number of nitrogens with zero attached hydrogens (tertiary/aromatic N) is 1. The van der Waals surface area contributed by atoms with E-state index in [4.69, 9.17) is 5.11 Å². The molecule has 1 rings (SSSR count). The molecule has 2 N–H and O–H groups in total. The standard InChI is InChI=1S/C9H15NO5/c1-15-5-7(11)10-4-2-3-9(14,6-10)8(12)13/h14H,2-6H2,1H3,(H,12,13). The fourth-order valence-electron chi connectivity index (χ4n) is 1.64. The Hall–Kier alpha value is -1.14. The number of rotatable bonds is 3. The lowest BCUT2D eigenvalue weighted by molar-refractivity contribution is -0.167. The van der Waals surface area contributed by atoms with Gasteiger partial charge in [-0.2, -0.15) is 0 Å². The summed E-state index contributed by atoms with van der Waals surface area (Å²) in [4.78, 5) is 23.5. The van der Waals surface area contributed by atoms with Crippen molar-refractivity contribution in [2.24, 2.45) is 0 Å². The smallest absolute Gasteiger partial charge is 0.337 e. The van der Waals surface area contributed by atoms with Crippen LogP contribution < -0.4 is 0 Å². The fraction of sp³-hybridized carbons (Fsp3) is 0.778. The molecule has 86 valence electrons. The van der Waals surface area contributed by atoms with Gasteiger partial charge < -0.3 is 19.8 Å². The molecule has 0 aliphatic carbocycles. The summed E-state index contributed by atoms with van der Waals surface area (Å²) >= 11 is 0. The highest BCUT2D eigenvalue weighted by Gasteiger charge is 2.41. The molecule has 15 heavy (non-hydrogen) atoms. The molecule has 1 aliphatic rings. The zero-order valence-corrected chi connectivity index (χ0v) is 8.60. The SMILES string of the molecule is COCC(=O)N1CCCC(O)(C(=O)O)C1. The molecule has 1 aliphatic heterocycles. The van der Waals surface area contributed by atoms with Gasteiger partial charge in [0.1, 0.15) is 6.61 Å². The topological polar surface area (TPSA) is 87.1 Å². The zero-order valence-electron chi connectivity index (χ0n) is 8.60. The monoisotopic (exact) mass is 217 g/mol. The number of piperidine rings is 1. The van der Waals surface area contributed by atoms with E-state index in [1.54, 1.807) is 0 Å². The van der Waals surface area contributed by atoms with E-state index in [0.717, 1.165) is 0 Å². The van der Waals surface area contributed by atoms with Gasteiger partial charge in [0.2, 0.25) is 5.91 Å². The Morgan fingerprint density at radius 3 is 2.73 bits per heavy atom. The molecule has 0 radical (unpaired) electrons. The normalized spacial score (nSPS) is 26.4. The third kappa shape index (κ3) is 2.66. The molecule has 0 aromatic rings. The highest BCUT2D eigenvalue weighted by atomic mass is 16.5. The molecule has 1 heterocycles. The number of hydrogen-bond donors (Lipinski definition) is 2. The van der Waals surface area contributed by atoms with Gasteiger partial charge in [-0.1, -0.05) is 0 Å². The number of carbonyl (C=O) groups is 2. The lowest BCUT2D eigenvalue weighted by Crippen LogP contribution is -2.55. The number of aliphatic carboxylic acids is 1. The molecule has 6 nitrogen and oxygen atoms in total. The maximum Gasteiger partial charge on any atom is 0.337 e. The Morgan fingerprint density at radius 2 is 2.20 bits per heavy atom. The molecule has 0 aromatic carbocycles. The van der Waals surface area contributed by atoms with Gasteiger partial charge in [0.25, 0.3) is 0 Å². The Labute approximate surface area is 87.4 Å². The van der Waals surface area contributed by atoms with Crippen molar-refractivity contribution in [3.05, 3.63) is 0 Å². The van der Waals surface area contributed by atoms with Gasteiger partial charge in [-0.25, -0.2) is 4.79 Å². The summed E-state index contributed by atoms with van der Waals surface area (Å²) < 4.78 is 4.67. The number of carboxylic acid groups (broad SMARTS) is 1. The predicted molar refractivity (Wildman–Crippen MR) is 50.3 cm³/mol. The summed E-state index contributed by atoms with van der Waals surface area (Å²) in [6, 6.07) is 0. The number of ether oxygens (including phenoxy) is 1. The number of likely N-dealkylation sites (tertiary alicyclic amines) is 1. The van der Waals surface area contributed by atoms with Crippen LogP contribution in [0.1, 0.15) is 12.8 Å². The number of hydrogen-bond acceptors (Lipinski definition) is 4. The maximum absolute atomic E-state index is 11.4. The number of aliphatic hydroxyl groups is 1. The second-order valence-electron chi connectivity index (χ2n) is 3.69. The number of amides is 1. The van der Waals surface area contributed by atoms with E-state index in [9.17, 15) is 14.7 Å². The Morgan fingerprint density at radius 1 is 1.53 bits per heavy atom. The van der Waals surface area contributed by atoms with E-state index in [1.165, 1.54) is 12.0 Å². The summed E-state index contributed by atoms with van der Waals surface area (Å²) in [7, 11) is 1.39. The van der Waals surface area contributed by atoms with Gasteiger partial charge in [0.05, 0.1) is 6.54 Å². The average Bonchev–Trinajstić information content (AvgIpc) is 2.18. The van der Waals surface area contributed by atoms with Crippen molar-refractivity contribution in [2.75, 3.05) is 26.8 Å². The fourth-order valence-corrected chi connectivity index (χ4v) is 1.64. The van der Waals surface area contributed by atoms with Crippen molar-refractivity contribution < 1.29 is 24.5 Å². The van der Waals surface area contributed by atoms with Crippen LogP contribution in [0.3, 0.4) is 0 Å². The molecule has 1 unspecified atom stereocenters. The van der Waals surface area contributed by atoms with Gasteiger partial charge in [-0.3, -0.25) is 4.79 Å². The quantitative estimate of drug-likeness (QED) is 0.637. The average molecular weight is 217 g/mol. The molecule has 6 heteroatoms. The van der Waals surface area contributed by atoms with Gasteiger partial charge >= 0.3 is 5.97 Å². The lowest BCUT2D eigenvalue weighted by atomic mass is 9.93. The molecular formula is C9H15NO5. The van der Waals surface area contributed by atoms with Crippen LogP contribution in [0.4, 0.5) is 0 Å². The molecule has 1 saturated heterocycles. The van der Waals surface area contributed by atoms with Crippen molar-refractivity contribution in [3.8, 4) is 0 Å². The second kappa shape index (κ2) is 4.59. The van der Waals surface area contributed by atoms with Crippen LogP contribution in [0.5, 0.6) is 0 Å². The summed E-state index contributed by atoms with van der Waals surface area (Å²) in [6.45, 7) is 0.220. The van der Waals surface area contributed by atoms with Crippen LogP contribution in [-0.2, 0) is 14.3 Å². The van der Waals surface area contributed by atoms with Gasteiger partial charge in [-0.05, 0) is 12.8 Å². The third-order valence-electron chi connectivity index (χ3n) is 2.49. The van der Waals surface area contributed by atoms with Crippen LogP contribution in [0.25, 0.3) is 0 Å². The van der Waals surface area contributed by atoms with Crippen molar-refractivity contribution in [1.82, 2.24) is 4.90 Å². The highest BCUT2D eigenvalue weighted by molar-refractivity contribution is 5.81. The first-order valence-electron chi connectivity index (χ1n) is 4.72. The molecule has 0 aromatic heterocycles. The number of methoxy groups -OCH3 is 1. The van der Waals surface area contributed by atoms with Crippen molar-refractivity contribution in [2.45, 2.75) is 18.4 Å². The summed E-state index contributed by atoms with van der Waals surface area (Å²) in [5, 5.41) is 18.5. The highest BCUT2D eigenvalue weighted by Crippen LogP contribution is 2.21. The minimum absolute atomic E-state index is 0.0876. The van der Waals surface area contributed by atoms with Gasteiger partial charge in [-0.15, -0.1) is 0 Å². The van der Waals surface area contributed by atoms with Crippen LogP contribution in [0.2, 0.25) is 0 Å². The van der Waals surface area contributed by atoms with Gasteiger partial charge in [0.15, 0.2) is 5.60 Å². The van der Waals surface area contributed by atoms with E-state index in [2.05, 4.69) is 4.74 Å². The number of β-amino-alcohol motifs (C(OH)–C–C–N with tert-alkyl or cyclic N) is 1. The lowest BCUT2D eigenvalue weighted by Gasteiger charge is -2.36. The van der Waals surface area contributed by atoms with Crippen LogP contribution in [-0.4, -0.2) is 59.4 Å². The first-order valence-corrected chi connectivity index (χ1v) is 4.72. The van der Waals surface area contributed by atoms with E-state index >= 15 is 0 Å². The molecule has 0 bridgehead atoms. The number of carbonyl (C=O) groups excluding carboxylic acids is 1. The van der Waals surface area contributed by atoms with Crippen molar-refractivity contribution in [3.63, 3.8) is 0 Å². The summed E-state index contributed by atoms with van der Waals surface area (Å²) in [5.41, 5.74) is -1.80. The minimum Gasteiger partial charge on any atom is -0.479 e. The van der Waals surface area contributed by atoms with Crippen LogP contribution in [0.15, 0.2) is 0 Å². The first kappa shape index (κ1) is 11.9. The molecule has 0 spiro atoms. The van der Waals surface area contributed by atoms with Crippen molar-refractivity contribution >= 4 is 11.9 Å².